The lowest BCUT2D eigenvalue weighted by Gasteiger charge is -2.30. The minimum Gasteiger partial charge on any atom is -0.459 e. The summed E-state index contributed by atoms with van der Waals surface area (Å²) in [5, 5.41) is 3.11. The SMILES string of the molecule is CC(C)(C)OC(=O)C(N)CCN(CCCCN(CCCN(CCCNC(=O)c1ccc(Cl)nc1)C(=O)OC(C)(C)C)C(=O)OC(C)(C)C)C(=O)OC(C)(C)C. The molecule has 0 saturated heterocycles. The summed E-state index contributed by atoms with van der Waals surface area (Å²) in [6.07, 6.45) is 1.96. The van der Waals surface area contributed by atoms with Gasteiger partial charge in [0.2, 0.25) is 0 Å². The molecule has 1 atom stereocenters. The minimum absolute atomic E-state index is 0.174. The minimum atomic E-state index is -0.919. The largest absolute Gasteiger partial charge is 0.459 e. The standard InChI is InChI=1S/C39H67ClN6O9/c1-36(2,3)52-32(48)29(41)19-26-46(35(51)55-39(10,11)12)22-14-13-21-44(33(49)53-37(4,5)6)24-16-25-45(34(50)54-38(7,8)9)23-15-20-42-31(47)28-17-18-30(40)43-27-28/h17-18,27,29H,13-16,19-26,41H2,1-12H3,(H,42,47). The Balaban J connectivity index is 2.93. The fourth-order valence-electron chi connectivity index (χ4n) is 4.79. The number of carbonyl (C=O) groups excluding carboxylic acids is 5. The highest BCUT2D eigenvalue weighted by atomic mass is 35.5. The molecule has 0 aliphatic heterocycles. The van der Waals surface area contributed by atoms with Gasteiger partial charge in [-0.05, 0) is 127 Å². The molecule has 0 aliphatic rings. The molecule has 314 valence electrons. The molecule has 0 spiro atoms. The van der Waals surface area contributed by atoms with E-state index in [1.54, 1.807) is 99.0 Å². The second-order valence-corrected chi connectivity index (χ2v) is 17.8. The number of hydrogen-bond acceptors (Lipinski definition) is 11. The van der Waals surface area contributed by atoms with E-state index in [1.165, 1.54) is 17.2 Å². The molecule has 4 amide bonds. The lowest BCUT2D eigenvalue weighted by atomic mass is 10.1. The normalized spacial score (nSPS) is 12.6. The number of esters is 1. The van der Waals surface area contributed by atoms with Gasteiger partial charge in [-0.3, -0.25) is 9.59 Å². The van der Waals surface area contributed by atoms with E-state index < -0.39 is 52.7 Å². The number of nitrogens with one attached hydrogen (secondary N) is 1. The Labute approximate surface area is 333 Å². The number of nitrogens with two attached hydrogens (primary N) is 1. The first kappa shape index (κ1) is 49.2. The summed E-state index contributed by atoms with van der Waals surface area (Å²) in [6, 6.07) is 2.20. The van der Waals surface area contributed by atoms with Gasteiger partial charge in [0, 0.05) is 52.0 Å². The molecule has 3 N–H and O–H groups in total. The van der Waals surface area contributed by atoms with Crippen molar-refractivity contribution in [1.29, 1.82) is 0 Å². The van der Waals surface area contributed by atoms with Gasteiger partial charge in [-0.15, -0.1) is 0 Å². The first-order valence-electron chi connectivity index (χ1n) is 19.0. The maximum atomic E-state index is 13.3. The summed E-state index contributed by atoms with van der Waals surface area (Å²) in [7, 11) is 0. The van der Waals surface area contributed by atoms with Gasteiger partial charge in [-0.2, -0.15) is 0 Å². The van der Waals surface area contributed by atoms with E-state index in [-0.39, 0.29) is 37.1 Å². The molecule has 15 nitrogen and oxygen atoms in total. The lowest BCUT2D eigenvalue weighted by Crippen LogP contribution is -2.43. The topological polar surface area (TPSA) is 183 Å². The van der Waals surface area contributed by atoms with Crippen LogP contribution in [-0.2, 0) is 23.7 Å². The number of amides is 4. The molecule has 0 fully saturated rings. The van der Waals surface area contributed by atoms with Crippen LogP contribution in [0.15, 0.2) is 18.3 Å². The van der Waals surface area contributed by atoms with Crippen LogP contribution < -0.4 is 11.1 Å². The van der Waals surface area contributed by atoms with Gasteiger partial charge in [-0.25, -0.2) is 19.4 Å². The third kappa shape index (κ3) is 23.0. The van der Waals surface area contributed by atoms with Crippen LogP contribution in [0, 0.1) is 0 Å². The predicted molar refractivity (Wildman–Crippen MR) is 212 cm³/mol. The van der Waals surface area contributed by atoms with E-state index in [9.17, 15) is 24.0 Å². The second-order valence-electron chi connectivity index (χ2n) is 17.4. The number of rotatable bonds is 18. The molecule has 0 saturated carbocycles. The quantitative estimate of drug-likeness (QED) is 0.0690. The van der Waals surface area contributed by atoms with Crippen LogP contribution in [0.1, 0.15) is 126 Å². The molecule has 1 aromatic heterocycles. The number of pyridine rings is 1. The van der Waals surface area contributed by atoms with Crippen molar-refractivity contribution in [3.63, 3.8) is 0 Å². The maximum Gasteiger partial charge on any atom is 0.410 e. The molecule has 0 radical (unpaired) electrons. The zero-order valence-corrected chi connectivity index (χ0v) is 36.0. The van der Waals surface area contributed by atoms with Gasteiger partial charge in [0.1, 0.15) is 33.6 Å². The number of ether oxygens (including phenoxy) is 4. The third-order valence-corrected chi connectivity index (χ3v) is 7.44. The van der Waals surface area contributed by atoms with Crippen LogP contribution in [0.25, 0.3) is 0 Å². The lowest BCUT2D eigenvalue weighted by molar-refractivity contribution is -0.156. The fraction of sp³-hybridized carbons (Fsp3) is 0.744. The Morgan fingerprint density at radius 1 is 0.636 bits per heavy atom. The molecule has 0 bridgehead atoms. The van der Waals surface area contributed by atoms with E-state index in [2.05, 4.69) is 10.3 Å². The first-order chi connectivity index (χ1) is 25.2. The van der Waals surface area contributed by atoms with Crippen LogP contribution in [0.4, 0.5) is 14.4 Å². The molecular weight excluding hydrogens is 732 g/mol. The van der Waals surface area contributed by atoms with Crippen molar-refractivity contribution < 1.29 is 42.9 Å². The van der Waals surface area contributed by atoms with Crippen LogP contribution in [0.3, 0.4) is 0 Å². The highest BCUT2D eigenvalue weighted by Crippen LogP contribution is 2.16. The van der Waals surface area contributed by atoms with Crippen molar-refractivity contribution in [3.8, 4) is 0 Å². The molecule has 0 aromatic carbocycles. The van der Waals surface area contributed by atoms with Gasteiger partial charge in [0.25, 0.3) is 5.91 Å². The van der Waals surface area contributed by atoms with Crippen molar-refractivity contribution >= 4 is 41.8 Å². The van der Waals surface area contributed by atoms with Crippen LogP contribution >= 0.6 is 11.6 Å². The van der Waals surface area contributed by atoms with E-state index in [0.29, 0.717) is 57.4 Å². The smallest absolute Gasteiger partial charge is 0.410 e. The Hall–Kier alpha value is -3.85. The van der Waals surface area contributed by atoms with Crippen molar-refractivity contribution in [2.24, 2.45) is 5.73 Å². The molecule has 0 aliphatic carbocycles. The number of unbranched alkanes of at least 4 members (excludes halogenated alkanes) is 1. The molecule has 1 heterocycles. The Kier molecular flexibility index (Phi) is 19.7. The molecule has 1 unspecified atom stereocenters. The predicted octanol–water partition coefficient (Wildman–Crippen LogP) is 6.80. The van der Waals surface area contributed by atoms with Gasteiger partial charge in [-0.1, -0.05) is 11.6 Å². The summed E-state index contributed by atoms with van der Waals surface area (Å²) < 4.78 is 22.3. The van der Waals surface area contributed by atoms with Crippen molar-refractivity contribution in [1.82, 2.24) is 25.0 Å². The second kappa shape index (κ2) is 22.0. The van der Waals surface area contributed by atoms with Crippen molar-refractivity contribution in [3.05, 3.63) is 29.0 Å². The molecule has 55 heavy (non-hydrogen) atoms. The first-order valence-corrected chi connectivity index (χ1v) is 19.4. The van der Waals surface area contributed by atoms with E-state index in [1.807, 2.05) is 0 Å². The monoisotopic (exact) mass is 798 g/mol. The number of halogens is 1. The van der Waals surface area contributed by atoms with Gasteiger partial charge >= 0.3 is 24.2 Å². The van der Waals surface area contributed by atoms with Crippen LogP contribution in [0.5, 0.6) is 0 Å². The Bertz CT molecular complexity index is 1380. The van der Waals surface area contributed by atoms with Crippen LogP contribution in [0.2, 0.25) is 5.15 Å². The summed E-state index contributed by atoms with van der Waals surface area (Å²) >= 11 is 5.82. The average molecular weight is 799 g/mol. The zero-order chi connectivity index (χ0) is 42.2. The van der Waals surface area contributed by atoms with Gasteiger partial charge < -0.3 is 44.7 Å². The van der Waals surface area contributed by atoms with Crippen LogP contribution in [-0.4, -0.2) is 124 Å². The van der Waals surface area contributed by atoms with E-state index >= 15 is 0 Å². The molecule has 1 aromatic rings. The highest BCUT2D eigenvalue weighted by Gasteiger charge is 2.28. The summed E-state index contributed by atoms with van der Waals surface area (Å²) in [5.74, 6) is -0.854. The highest BCUT2D eigenvalue weighted by molar-refractivity contribution is 6.29. The Morgan fingerprint density at radius 3 is 1.44 bits per heavy atom. The number of aromatic nitrogens is 1. The molecule has 16 heteroatoms. The maximum absolute atomic E-state index is 13.3. The molecule has 1 rings (SSSR count). The van der Waals surface area contributed by atoms with Crippen molar-refractivity contribution in [2.45, 2.75) is 144 Å². The zero-order valence-electron chi connectivity index (χ0n) is 35.2. The average Bonchev–Trinajstić information content (AvgIpc) is 3.01. The number of nitrogens with zero attached hydrogens (tertiary/aromatic N) is 4. The molecular formula is C39H67ClN6O9. The third-order valence-electron chi connectivity index (χ3n) is 7.22. The van der Waals surface area contributed by atoms with E-state index in [0.717, 1.165) is 0 Å². The fourth-order valence-corrected chi connectivity index (χ4v) is 4.91. The Morgan fingerprint density at radius 2 is 1.04 bits per heavy atom. The summed E-state index contributed by atoms with van der Waals surface area (Å²) in [6.45, 7) is 23.3. The summed E-state index contributed by atoms with van der Waals surface area (Å²) in [4.78, 5) is 73.1. The number of hydrogen-bond donors (Lipinski definition) is 2. The van der Waals surface area contributed by atoms with Gasteiger partial charge in [0.05, 0.1) is 5.56 Å². The van der Waals surface area contributed by atoms with Crippen molar-refractivity contribution in [2.75, 3.05) is 45.8 Å². The number of carbonyl (C=O) groups is 5. The van der Waals surface area contributed by atoms with Gasteiger partial charge in [0.15, 0.2) is 0 Å². The summed E-state index contributed by atoms with van der Waals surface area (Å²) in [5.41, 5.74) is 3.60. The van der Waals surface area contributed by atoms with E-state index in [4.69, 9.17) is 36.3 Å².